The molecule has 0 bridgehead atoms. The highest BCUT2D eigenvalue weighted by Gasteiger charge is 2.33. The Kier molecular flexibility index (Phi) is 6.05. The predicted molar refractivity (Wildman–Crippen MR) is 102 cm³/mol. The lowest BCUT2D eigenvalue weighted by molar-refractivity contribution is -0.129. The molecule has 3 rings (SSSR count). The van der Waals surface area contributed by atoms with Crippen LogP contribution in [0.5, 0.6) is 0 Å². The van der Waals surface area contributed by atoms with Crippen molar-refractivity contribution in [2.75, 3.05) is 13.1 Å². The minimum atomic E-state index is -0.232. The van der Waals surface area contributed by atoms with E-state index < -0.39 is 0 Å². The normalized spacial score (nSPS) is 16.7. The Morgan fingerprint density at radius 3 is 2.65 bits per heavy atom. The predicted octanol–water partition coefficient (Wildman–Crippen LogP) is 3.09. The Morgan fingerprint density at radius 2 is 1.88 bits per heavy atom. The molecule has 2 aromatic rings. The van der Waals surface area contributed by atoms with E-state index in [1.54, 1.807) is 0 Å². The van der Waals surface area contributed by atoms with E-state index in [1.807, 2.05) is 48.2 Å². The van der Waals surface area contributed by atoms with E-state index in [0.717, 1.165) is 24.9 Å². The maximum Gasteiger partial charge on any atom is 0.225 e. The van der Waals surface area contributed by atoms with Crippen LogP contribution >= 0.6 is 0 Å². The van der Waals surface area contributed by atoms with Crippen LogP contribution < -0.4 is 5.32 Å². The van der Waals surface area contributed by atoms with E-state index in [9.17, 15) is 9.59 Å². The minimum absolute atomic E-state index is 0.0228. The van der Waals surface area contributed by atoms with Gasteiger partial charge in [0.15, 0.2) is 0 Å². The minimum Gasteiger partial charge on any atom is -0.352 e. The third kappa shape index (κ3) is 4.94. The van der Waals surface area contributed by atoms with Crippen molar-refractivity contribution in [3.8, 4) is 0 Å². The molecule has 0 radical (unpaired) electrons. The quantitative estimate of drug-likeness (QED) is 0.834. The first-order chi connectivity index (χ1) is 12.6. The second-order valence-corrected chi connectivity index (χ2v) is 7.04. The summed E-state index contributed by atoms with van der Waals surface area (Å²) in [6, 6.07) is 18.4. The molecule has 0 saturated carbocycles. The van der Waals surface area contributed by atoms with Gasteiger partial charge in [-0.05, 0) is 30.9 Å². The smallest absolute Gasteiger partial charge is 0.225 e. The summed E-state index contributed by atoms with van der Waals surface area (Å²) in [6.45, 7) is 3.80. The molecule has 1 saturated heterocycles. The van der Waals surface area contributed by atoms with Gasteiger partial charge in [-0.3, -0.25) is 9.59 Å². The van der Waals surface area contributed by atoms with E-state index in [-0.39, 0.29) is 17.7 Å². The lowest BCUT2D eigenvalue weighted by Gasteiger charge is -2.16. The van der Waals surface area contributed by atoms with Crippen LogP contribution in [-0.2, 0) is 22.6 Å². The van der Waals surface area contributed by atoms with Gasteiger partial charge in [0, 0.05) is 26.1 Å². The summed E-state index contributed by atoms with van der Waals surface area (Å²) in [7, 11) is 0. The van der Waals surface area contributed by atoms with E-state index in [2.05, 4.69) is 23.5 Å². The molecule has 1 unspecified atom stereocenters. The zero-order chi connectivity index (χ0) is 18.4. The van der Waals surface area contributed by atoms with Crippen molar-refractivity contribution in [1.82, 2.24) is 10.2 Å². The van der Waals surface area contributed by atoms with Crippen LogP contribution in [0.15, 0.2) is 54.6 Å². The molecule has 1 atom stereocenters. The molecule has 2 amide bonds. The molecule has 1 heterocycles. The monoisotopic (exact) mass is 350 g/mol. The Morgan fingerprint density at radius 1 is 1.12 bits per heavy atom. The largest absolute Gasteiger partial charge is 0.352 e. The van der Waals surface area contributed by atoms with Gasteiger partial charge in [-0.1, -0.05) is 60.2 Å². The van der Waals surface area contributed by atoms with Crippen molar-refractivity contribution in [3.05, 3.63) is 71.3 Å². The molecule has 1 N–H and O–H groups in total. The highest BCUT2D eigenvalue weighted by Crippen LogP contribution is 2.19. The first-order valence-corrected chi connectivity index (χ1v) is 9.27. The molecule has 0 aliphatic carbocycles. The van der Waals surface area contributed by atoms with Crippen molar-refractivity contribution < 1.29 is 9.59 Å². The van der Waals surface area contributed by atoms with Crippen LogP contribution in [0.4, 0.5) is 0 Å². The zero-order valence-electron chi connectivity index (χ0n) is 15.3. The third-order valence-electron chi connectivity index (χ3n) is 4.87. The summed E-state index contributed by atoms with van der Waals surface area (Å²) in [4.78, 5) is 26.4. The maximum absolute atomic E-state index is 12.4. The average Bonchev–Trinajstić information content (AvgIpc) is 3.02. The van der Waals surface area contributed by atoms with Crippen LogP contribution in [0, 0.1) is 12.8 Å². The number of carbonyl (C=O) groups is 2. The number of rotatable bonds is 7. The fourth-order valence-electron chi connectivity index (χ4n) is 3.44. The molecule has 0 aromatic heterocycles. The van der Waals surface area contributed by atoms with E-state index >= 15 is 0 Å². The van der Waals surface area contributed by atoms with Crippen molar-refractivity contribution in [1.29, 1.82) is 0 Å². The van der Waals surface area contributed by atoms with Gasteiger partial charge < -0.3 is 10.2 Å². The van der Waals surface area contributed by atoms with E-state index in [1.165, 1.54) is 11.1 Å². The van der Waals surface area contributed by atoms with Gasteiger partial charge in [-0.25, -0.2) is 0 Å². The molecule has 1 fully saturated rings. The molecule has 4 heteroatoms. The zero-order valence-corrected chi connectivity index (χ0v) is 15.3. The number of benzene rings is 2. The molecule has 0 spiro atoms. The number of aryl methyl sites for hydroxylation is 2. The number of nitrogens with zero attached hydrogens (tertiary/aromatic N) is 1. The lowest BCUT2D eigenvalue weighted by Crippen LogP contribution is -2.33. The van der Waals surface area contributed by atoms with Gasteiger partial charge in [-0.2, -0.15) is 0 Å². The summed E-state index contributed by atoms with van der Waals surface area (Å²) < 4.78 is 0. The first-order valence-electron chi connectivity index (χ1n) is 9.27. The molecular weight excluding hydrogens is 324 g/mol. The highest BCUT2D eigenvalue weighted by atomic mass is 16.2. The highest BCUT2D eigenvalue weighted by molar-refractivity contribution is 5.89. The number of amides is 2. The lowest BCUT2D eigenvalue weighted by atomic mass is 10.1. The summed E-state index contributed by atoms with van der Waals surface area (Å²) >= 11 is 0. The van der Waals surface area contributed by atoms with Crippen molar-refractivity contribution in [2.24, 2.45) is 5.92 Å². The first kappa shape index (κ1) is 18.2. The molecule has 136 valence electrons. The number of carbonyl (C=O) groups excluding carboxylic acids is 2. The summed E-state index contributed by atoms with van der Waals surface area (Å²) in [5.41, 5.74) is 3.55. The van der Waals surface area contributed by atoms with Gasteiger partial charge >= 0.3 is 0 Å². The van der Waals surface area contributed by atoms with Crippen LogP contribution in [0.2, 0.25) is 0 Å². The Labute approximate surface area is 155 Å². The molecule has 1 aliphatic rings. The van der Waals surface area contributed by atoms with Gasteiger partial charge in [0.1, 0.15) is 0 Å². The SMILES string of the molecule is Cc1cccc(CNC(=O)C2CC(=O)N(CCCc3ccccc3)C2)c1. The third-order valence-corrected chi connectivity index (χ3v) is 4.87. The molecule has 26 heavy (non-hydrogen) atoms. The van der Waals surface area contributed by atoms with Crippen LogP contribution in [-0.4, -0.2) is 29.8 Å². The maximum atomic E-state index is 12.4. The second-order valence-electron chi connectivity index (χ2n) is 7.04. The fourth-order valence-corrected chi connectivity index (χ4v) is 3.44. The number of nitrogens with one attached hydrogen (secondary N) is 1. The van der Waals surface area contributed by atoms with Gasteiger partial charge in [0.25, 0.3) is 0 Å². The summed E-state index contributed by atoms with van der Waals surface area (Å²) in [5, 5.41) is 2.97. The van der Waals surface area contributed by atoms with Crippen molar-refractivity contribution >= 4 is 11.8 Å². The number of hydrogen-bond acceptors (Lipinski definition) is 2. The number of hydrogen-bond donors (Lipinski definition) is 1. The molecule has 1 aliphatic heterocycles. The molecule has 2 aromatic carbocycles. The van der Waals surface area contributed by atoms with Gasteiger partial charge in [-0.15, -0.1) is 0 Å². The summed E-state index contributed by atoms with van der Waals surface area (Å²) in [5.74, 6) is -0.164. The standard InChI is InChI=1S/C22H26N2O2/c1-17-7-5-10-19(13-17)15-23-22(26)20-14-21(25)24(16-20)12-6-11-18-8-3-2-4-9-18/h2-5,7-10,13,20H,6,11-12,14-16H2,1H3,(H,23,26). The Bertz CT molecular complexity index is 758. The summed E-state index contributed by atoms with van der Waals surface area (Å²) in [6.07, 6.45) is 2.20. The fraction of sp³-hybridized carbons (Fsp3) is 0.364. The van der Waals surface area contributed by atoms with E-state index in [0.29, 0.717) is 19.5 Å². The number of likely N-dealkylation sites (tertiary alicyclic amines) is 1. The van der Waals surface area contributed by atoms with E-state index in [4.69, 9.17) is 0 Å². The topological polar surface area (TPSA) is 49.4 Å². The average molecular weight is 350 g/mol. The van der Waals surface area contributed by atoms with Crippen LogP contribution in [0.25, 0.3) is 0 Å². The van der Waals surface area contributed by atoms with Crippen LogP contribution in [0.3, 0.4) is 0 Å². The van der Waals surface area contributed by atoms with Crippen molar-refractivity contribution in [3.63, 3.8) is 0 Å². The molecule has 4 nitrogen and oxygen atoms in total. The van der Waals surface area contributed by atoms with Crippen molar-refractivity contribution in [2.45, 2.75) is 32.7 Å². The van der Waals surface area contributed by atoms with Crippen LogP contribution in [0.1, 0.15) is 29.5 Å². The van der Waals surface area contributed by atoms with Gasteiger partial charge in [0.2, 0.25) is 11.8 Å². The van der Waals surface area contributed by atoms with Gasteiger partial charge in [0.05, 0.1) is 5.92 Å². The molecular formula is C22H26N2O2. The Hall–Kier alpha value is -2.62. The second kappa shape index (κ2) is 8.65. The Balaban J connectivity index is 1.43.